The molecular weight excluding hydrogens is 372 g/mol. The van der Waals surface area contributed by atoms with Crippen LogP contribution in [0.5, 0.6) is 0 Å². The molecule has 1 aliphatic carbocycles. The van der Waals surface area contributed by atoms with Crippen molar-refractivity contribution in [2.24, 2.45) is 5.92 Å². The Hall–Kier alpha value is -1.35. The number of carbonyl (C=O) groups is 2. The highest BCUT2D eigenvalue weighted by Crippen LogP contribution is 2.31. The zero-order valence-electron chi connectivity index (χ0n) is 16.7. The van der Waals surface area contributed by atoms with Crippen LogP contribution in [0.4, 0.5) is 4.79 Å². The fourth-order valence-corrected chi connectivity index (χ4v) is 4.40. The molecule has 0 aromatic carbocycles. The number of ether oxygens (including phenoxy) is 1. The quantitative estimate of drug-likeness (QED) is 0.704. The number of amides is 2. The highest BCUT2D eigenvalue weighted by atomic mass is 32.2. The molecule has 0 bridgehead atoms. The highest BCUT2D eigenvalue weighted by Gasteiger charge is 2.37. The Balaban J connectivity index is 2.03. The SMILES string of the molecule is CC(C)(C)OC(=O)N[C@H](C(=O)N1CCCC1)C1CCC(OS(C)(=O)=O)CC1. The molecule has 1 heterocycles. The van der Waals surface area contributed by atoms with Crippen molar-refractivity contribution in [3.05, 3.63) is 0 Å². The summed E-state index contributed by atoms with van der Waals surface area (Å²) in [5, 5.41) is 2.77. The zero-order valence-corrected chi connectivity index (χ0v) is 17.5. The van der Waals surface area contributed by atoms with Crippen LogP contribution >= 0.6 is 0 Å². The Morgan fingerprint density at radius 2 is 1.63 bits per heavy atom. The van der Waals surface area contributed by atoms with Crippen molar-refractivity contribution < 1.29 is 26.9 Å². The van der Waals surface area contributed by atoms with Crippen molar-refractivity contribution in [1.29, 1.82) is 0 Å². The van der Waals surface area contributed by atoms with E-state index in [2.05, 4.69) is 5.32 Å². The molecule has 2 amide bonds. The minimum absolute atomic E-state index is 0.0648. The molecule has 1 saturated carbocycles. The molecule has 0 unspecified atom stereocenters. The summed E-state index contributed by atoms with van der Waals surface area (Å²) in [6.45, 7) is 6.74. The van der Waals surface area contributed by atoms with Gasteiger partial charge in [-0.3, -0.25) is 8.98 Å². The number of hydrogen-bond donors (Lipinski definition) is 1. The lowest BCUT2D eigenvalue weighted by atomic mass is 9.82. The lowest BCUT2D eigenvalue weighted by molar-refractivity contribution is -0.134. The number of likely N-dealkylation sites (tertiary alicyclic amines) is 1. The predicted octanol–water partition coefficient (Wildman–Crippen LogP) is 2.04. The largest absolute Gasteiger partial charge is 0.444 e. The Morgan fingerprint density at radius 1 is 1.07 bits per heavy atom. The molecule has 8 nitrogen and oxygen atoms in total. The van der Waals surface area contributed by atoms with Gasteiger partial charge in [0.1, 0.15) is 11.6 Å². The molecular formula is C18H32N2O6S. The fourth-order valence-electron chi connectivity index (χ4n) is 3.72. The Bertz CT molecular complexity index is 629. The first-order valence-electron chi connectivity index (χ1n) is 9.61. The number of alkyl carbamates (subject to hydrolysis) is 1. The van der Waals surface area contributed by atoms with E-state index in [1.165, 1.54) is 0 Å². The second-order valence-electron chi connectivity index (χ2n) is 8.49. The van der Waals surface area contributed by atoms with E-state index in [1.807, 2.05) is 0 Å². The molecule has 2 aliphatic rings. The van der Waals surface area contributed by atoms with E-state index in [0.717, 1.165) is 19.1 Å². The first-order valence-corrected chi connectivity index (χ1v) is 11.4. The molecule has 156 valence electrons. The number of nitrogens with zero attached hydrogens (tertiary/aromatic N) is 1. The molecule has 1 saturated heterocycles. The lowest BCUT2D eigenvalue weighted by Crippen LogP contribution is -2.53. The number of hydrogen-bond acceptors (Lipinski definition) is 6. The van der Waals surface area contributed by atoms with Crippen molar-refractivity contribution in [2.75, 3.05) is 19.3 Å². The molecule has 2 fully saturated rings. The summed E-state index contributed by atoms with van der Waals surface area (Å²) in [6, 6.07) is -0.655. The third kappa shape index (κ3) is 7.29. The highest BCUT2D eigenvalue weighted by molar-refractivity contribution is 7.86. The van der Waals surface area contributed by atoms with Gasteiger partial charge in [0.05, 0.1) is 12.4 Å². The van der Waals surface area contributed by atoms with Crippen LogP contribution < -0.4 is 5.32 Å². The van der Waals surface area contributed by atoms with Crippen LogP contribution in [0.25, 0.3) is 0 Å². The Labute approximate surface area is 162 Å². The van der Waals surface area contributed by atoms with Crippen LogP contribution in [0.1, 0.15) is 59.3 Å². The lowest BCUT2D eigenvalue weighted by Gasteiger charge is -2.35. The Kier molecular flexibility index (Phi) is 7.13. The normalized spacial score (nSPS) is 25.1. The molecule has 1 atom stereocenters. The summed E-state index contributed by atoms with van der Waals surface area (Å²) in [5.74, 6) is -0.143. The van der Waals surface area contributed by atoms with E-state index in [1.54, 1.807) is 25.7 Å². The van der Waals surface area contributed by atoms with Gasteiger partial charge in [0.2, 0.25) is 5.91 Å². The van der Waals surface area contributed by atoms with E-state index in [0.29, 0.717) is 38.8 Å². The average Bonchev–Trinajstić information content (AvgIpc) is 3.04. The molecule has 0 aromatic heterocycles. The number of carbonyl (C=O) groups excluding carboxylic acids is 2. The second kappa shape index (κ2) is 8.77. The van der Waals surface area contributed by atoms with Crippen LogP contribution in [0.3, 0.4) is 0 Å². The third-order valence-corrected chi connectivity index (χ3v) is 5.48. The van der Waals surface area contributed by atoms with Crippen LogP contribution in [-0.2, 0) is 23.8 Å². The second-order valence-corrected chi connectivity index (χ2v) is 10.1. The van der Waals surface area contributed by atoms with Gasteiger partial charge in [-0.25, -0.2) is 4.79 Å². The molecule has 0 radical (unpaired) electrons. The molecule has 1 aliphatic heterocycles. The summed E-state index contributed by atoms with van der Waals surface area (Å²) >= 11 is 0. The van der Waals surface area contributed by atoms with E-state index in [9.17, 15) is 18.0 Å². The summed E-state index contributed by atoms with van der Waals surface area (Å²) < 4.78 is 33.1. The smallest absolute Gasteiger partial charge is 0.408 e. The van der Waals surface area contributed by atoms with Crippen LogP contribution in [0.2, 0.25) is 0 Å². The van der Waals surface area contributed by atoms with Gasteiger partial charge in [0.25, 0.3) is 10.1 Å². The molecule has 0 spiro atoms. The van der Waals surface area contributed by atoms with Gasteiger partial charge in [0, 0.05) is 13.1 Å². The first kappa shape index (κ1) is 21.9. The van der Waals surface area contributed by atoms with Gasteiger partial charge in [-0.1, -0.05) is 0 Å². The van der Waals surface area contributed by atoms with Gasteiger partial charge < -0.3 is 15.0 Å². The van der Waals surface area contributed by atoms with E-state index in [-0.39, 0.29) is 17.9 Å². The molecule has 1 N–H and O–H groups in total. The first-order chi connectivity index (χ1) is 12.4. The summed E-state index contributed by atoms with van der Waals surface area (Å²) in [6.07, 6.45) is 4.33. The van der Waals surface area contributed by atoms with Gasteiger partial charge in [-0.05, 0) is 65.2 Å². The molecule has 2 rings (SSSR count). The summed E-state index contributed by atoms with van der Waals surface area (Å²) in [4.78, 5) is 27.1. The van der Waals surface area contributed by atoms with Gasteiger partial charge in [-0.15, -0.1) is 0 Å². The van der Waals surface area contributed by atoms with Gasteiger partial charge >= 0.3 is 6.09 Å². The average molecular weight is 405 g/mol. The summed E-state index contributed by atoms with van der Waals surface area (Å²) in [5.41, 5.74) is -0.647. The van der Waals surface area contributed by atoms with Crippen molar-refractivity contribution in [3.63, 3.8) is 0 Å². The molecule has 0 aromatic rings. The van der Waals surface area contributed by atoms with Gasteiger partial charge in [0.15, 0.2) is 0 Å². The van der Waals surface area contributed by atoms with E-state index >= 15 is 0 Å². The van der Waals surface area contributed by atoms with Crippen molar-refractivity contribution in [2.45, 2.75) is 77.0 Å². The molecule has 9 heteroatoms. The third-order valence-electron chi connectivity index (χ3n) is 4.86. The zero-order chi connectivity index (χ0) is 20.2. The van der Waals surface area contributed by atoms with E-state index in [4.69, 9.17) is 8.92 Å². The van der Waals surface area contributed by atoms with Crippen molar-refractivity contribution >= 4 is 22.1 Å². The maximum atomic E-state index is 13.0. The molecule has 27 heavy (non-hydrogen) atoms. The van der Waals surface area contributed by atoms with Crippen molar-refractivity contribution in [1.82, 2.24) is 10.2 Å². The van der Waals surface area contributed by atoms with Crippen LogP contribution in [0, 0.1) is 5.92 Å². The monoisotopic (exact) mass is 404 g/mol. The Morgan fingerprint density at radius 3 is 2.11 bits per heavy atom. The van der Waals surface area contributed by atoms with Gasteiger partial charge in [-0.2, -0.15) is 8.42 Å². The topological polar surface area (TPSA) is 102 Å². The maximum absolute atomic E-state index is 13.0. The minimum atomic E-state index is -3.50. The number of nitrogens with one attached hydrogen (secondary N) is 1. The standard InChI is InChI=1S/C18H32N2O6S/c1-18(2,3)25-17(22)19-15(16(21)20-11-5-6-12-20)13-7-9-14(10-8-13)26-27(4,23)24/h13-15H,5-12H2,1-4H3,(H,19,22)/t13?,14?,15-/m0/s1. The van der Waals surface area contributed by atoms with Crippen LogP contribution in [0.15, 0.2) is 0 Å². The summed E-state index contributed by atoms with van der Waals surface area (Å²) in [7, 11) is -3.50. The maximum Gasteiger partial charge on any atom is 0.408 e. The van der Waals surface area contributed by atoms with Crippen LogP contribution in [-0.4, -0.2) is 62.4 Å². The number of rotatable bonds is 5. The van der Waals surface area contributed by atoms with E-state index < -0.39 is 27.9 Å². The fraction of sp³-hybridized carbons (Fsp3) is 0.889. The predicted molar refractivity (Wildman–Crippen MR) is 101 cm³/mol. The van der Waals surface area contributed by atoms with Crippen molar-refractivity contribution in [3.8, 4) is 0 Å². The minimum Gasteiger partial charge on any atom is -0.444 e.